The van der Waals surface area contributed by atoms with E-state index in [4.69, 9.17) is 4.42 Å². The molecule has 0 atom stereocenters. The van der Waals surface area contributed by atoms with Gasteiger partial charge in [0.25, 0.3) is 0 Å². The summed E-state index contributed by atoms with van der Waals surface area (Å²) in [6, 6.07) is 0. The lowest BCUT2D eigenvalue weighted by molar-refractivity contribution is 0.329. The Hall–Kier alpha value is -12.9. The quantitative estimate of drug-likeness (QED) is 0.0582. The zero-order valence-electron chi connectivity index (χ0n) is 40.3. The van der Waals surface area contributed by atoms with Gasteiger partial charge in [-0.1, -0.05) is 0 Å². The molecule has 0 amide bonds. The Morgan fingerprint density at radius 1 is 0.145 bits per heavy atom. The first-order valence-electron chi connectivity index (χ1n) is 22.3. The van der Waals surface area contributed by atoms with Crippen LogP contribution >= 0.6 is 0 Å². The molecular formula is C51H34O32. The van der Waals surface area contributed by atoms with Crippen molar-refractivity contribution in [2.75, 3.05) is 0 Å². The molecule has 32 heteroatoms. The summed E-state index contributed by atoms with van der Waals surface area (Å²) in [4.78, 5) is 0. The van der Waals surface area contributed by atoms with Crippen molar-refractivity contribution in [3.63, 3.8) is 0 Å². The van der Waals surface area contributed by atoms with Crippen LogP contribution in [0, 0.1) is 6.92 Å². The number of benzene rings is 9. The normalized spacial score (nSPS) is 11.7. The minimum atomic E-state index is -1.88. The van der Waals surface area contributed by atoms with Crippen LogP contribution in [0.4, 0.5) is 0 Å². The minimum Gasteiger partial charge on any atom is -0.506 e. The van der Waals surface area contributed by atoms with Crippen LogP contribution in [0.15, 0.2) is 4.42 Å². The lowest BCUT2D eigenvalue weighted by atomic mass is 9.79. The molecule has 1 aromatic heterocycles. The third kappa shape index (κ3) is 6.25. The van der Waals surface area contributed by atoms with E-state index in [1.54, 1.807) is 0 Å². The highest BCUT2D eigenvalue weighted by Gasteiger charge is 2.43. The summed E-state index contributed by atoms with van der Waals surface area (Å²) >= 11 is 0. The Balaban J connectivity index is 1.61. The Kier molecular flexibility index (Phi) is 10.8. The Bertz CT molecular complexity index is 4550. The van der Waals surface area contributed by atoms with Gasteiger partial charge in [-0.3, -0.25) is 0 Å². The number of hydrogen-bond donors (Lipinski definition) is 31. The standard InChI is InChI=1S/C51H34O32/c1-2-3(22(55)36(69)35(68)19(2)52)6-7(4-8-10(25(58)39(72)37(70)23(8)56)5(11-9(4)24(57)38(71)40(73)26(11)59)14-27(60)41(74)47(80)42(75)28(14)61)20(53)17-18-21(54)12(15-29(62)43(76)48(81)44(77)30(15)63)13(34(67)51(18)83-50(17)33(6)66)16-31(64)45(78)49(82)46(79)32(16)65/h52-82H,1H3. The molecule has 430 valence electrons. The molecule has 0 bridgehead atoms. The molecule has 83 heavy (non-hydrogen) atoms. The van der Waals surface area contributed by atoms with Crippen molar-refractivity contribution in [1.82, 2.24) is 0 Å². The number of phenolic OH excluding ortho intramolecular Hbond substituents is 31. The van der Waals surface area contributed by atoms with E-state index in [0.29, 0.717) is 0 Å². The number of aromatic hydroxyl groups is 31. The van der Waals surface area contributed by atoms with E-state index in [2.05, 4.69) is 0 Å². The van der Waals surface area contributed by atoms with Crippen LogP contribution in [0.2, 0.25) is 0 Å². The minimum absolute atomic E-state index is 0.778. The average molecular weight is 1160 g/mol. The third-order valence-electron chi connectivity index (χ3n) is 14.1. The van der Waals surface area contributed by atoms with Gasteiger partial charge in [0.15, 0.2) is 91.7 Å². The van der Waals surface area contributed by atoms with E-state index in [1.807, 2.05) is 0 Å². The van der Waals surface area contributed by atoms with Crippen molar-refractivity contribution < 1.29 is 163 Å². The summed E-state index contributed by atoms with van der Waals surface area (Å²) < 4.78 is 5.78. The fraction of sp³-hybridized carbons (Fsp3) is 0.0196. The van der Waals surface area contributed by atoms with E-state index < -0.39 is 283 Å². The highest BCUT2D eigenvalue weighted by molar-refractivity contribution is 6.33. The van der Waals surface area contributed by atoms with Gasteiger partial charge in [0.1, 0.15) is 11.5 Å². The SMILES string of the molecule is Cc1c(O)c(O)c(O)c(O)c1-c1c(-c2c3c(O)c(O)c(O)c(O)c3c(-c3c(O)c(O)c(O)c(O)c3O)c3c(O)c(O)c(O)c(O)c23)c(O)c2c(oc3c(O)c(-c4c(O)c(O)c(O)c(O)c4O)c(-c4c(O)c(O)c(O)c(O)c4O)c(O)c32)c1O. The summed E-state index contributed by atoms with van der Waals surface area (Å²) in [5, 5.41) is 342. The maximum Gasteiger partial charge on any atom is 0.208 e. The molecule has 0 aliphatic heterocycles. The van der Waals surface area contributed by atoms with Gasteiger partial charge in [-0.25, -0.2) is 0 Å². The summed E-state index contributed by atoms with van der Waals surface area (Å²) in [5.74, 6) is -55.0. The largest absolute Gasteiger partial charge is 0.506 e. The van der Waals surface area contributed by atoms with Gasteiger partial charge in [-0.2, -0.15) is 0 Å². The molecule has 0 spiro atoms. The second-order valence-corrected chi connectivity index (χ2v) is 18.2. The summed E-state index contributed by atoms with van der Waals surface area (Å²) in [6.45, 7) is 0.778. The zero-order chi connectivity index (χ0) is 61.6. The lowest BCUT2D eigenvalue weighted by Gasteiger charge is -2.26. The summed E-state index contributed by atoms with van der Waals surface area (Å²) in [5.41, 5.74) is -19.1. The van der Waals surface area contributed by atoms with E-state index in [0.717, 1.165) is 6.92 Å². The van der Waals surface area contributed by atoms with E-state index >= 15 is 0 Å². The summed E-state index contributed by atoms with van der Waals surface area (Å²) in [6.07, 6.45) is 0. The number of phenols is 31. The van der Waals surface area contributed by atoms with Crippen LogP contribution in [0.3, 0.4) is 0 Å². The second-order valence-electron chi connectivity index (χ2n) is 18.2. The molecule has 31 N–H and O–H groups in total. The molecule has 0 saturated carbocycles. The van der Waals surface area contributed by atoms with E-state index in [-0.39, 0.29) is 0 Å². The first-order chi connectivity index (χ1) is 38.6. The molecule has 1 heterocycles. The Morgan fingerprint density at radius 3 is 0.614 bits per heavy atom. The number of hydrogen-bond acceptors (Lipinski definition) is 32. The summed E-state index contributed by atoms with van der Waals surface area (Å²) in [7, 11) is 0. The molecule has 10 aromatic rings. The predicted octanol–water partition coefficient (Wildman–Crippen LogP) is 5.41. The van der Waals surface area contributed by atoms with Gasteiger partial charge in [0, 0.05) is 66.1 Å². The van der Waals surface area contributed by atoms with Gasteiger partial charge in [0.05, 0.1) is 27.5 Å². The first kappa shape index (κ1) is 53.5. The lowest BCUT2D eigenvalue weighted by Crippen LogP contribution is -1.98. The van der Waals surface area contributed by atoms with Gasteiger partial charge in [0.2, 0.25) is 86.2 Å². The van der Waals surface area contributed by atoms with Crippen molar-refractivity contribution in [2.24, 2.45) is 0 Å². The molecule has 32 nitrogen and oxygen atoms in total. The molecule has 9 aromatic carbocycles. The van der Waals surface area contributed by atoms with Crippen LogP contribution in [-0.4, -0.2) is 158 Å². The number of fused-ring (bicyclic) bond motifs is 5. The maximum absolute atomic E-state index is 13.2. The smallest absolute Gasteiger partial charge is 0.208 e. The van der Waals surface area contributed by atoms with E-state index in [9.17, 15) is 158 Å². The highest BCUT2D eigenvalue weighted by Crippen LogP contribution is 2.71. The van der Waals surface area contributed by atoms with Crippen molar-refractivity contribution in [3.8, 4) is 234 Å². The first-order valence-corrected chi connectivity index (χ1v) is 22.3. The zero-order valence-corrected chi connectivity index (χ0v) is 40.3. The second kappa shape index (κ2) is 16.8. The highest BCUT2D eigenvalue weighted by atomic mass is 16.4. The molecule has 0 radical (unpaired) electrons. The fourth-order valence-electron chi connectivity index (χ4n) is 10.1. The van der Waals surface area contributed by atoms with Gasteiger partial charge < -0.3 is 163 Å². The molecular weight excluding hydrogens is 1120 g/mol. The number of rotatable bonds is 5. The predicted molar refractivity (Wildman–Crippen MR) is 272 cm³/mol. The molecule has 0 saturated heterocycles. The average Bonchev–Trinajstić information content (AvgIpc) is 1.75. The molecule has 0 aliphatic carbocycles. The van der Waals surface area contributed by atoms with Crippen LogP contribution < -0.4 is 0 Å². The van der Waals surface area contributed by atoms with Crippen LogP contribution in [-0.2, 0) is 0 Å². The maximum atomic E-state index is 13.2. The third-order valence-corrected chi connectivity index (χ3v) is 14.1. The molecule has 0 aliphatic rings. The fourth-order valence-corrected chi connectivity index (χ4v) is 10.1. The van der Waals surface area contributed by atoms with Crippen molar-refractivity contribution in [2.45, 2.75) is 6.92 Å². The van der Waals surface area contributed by atoms with Crippen molar-refractivity contribution in [1.29, 1.82) is 0 Å². The van der Waals surface area contributed by atoms with Crippen LogP contribution in [0.5, 0.6) is 178 Å². The number of furan rings is 1. The van der Waals surface area contributed by atoms with Crippen LogP contribution in [0.25, 0.3) is 99.1 Å². The Morgan fingerprint density at radius 2 is 0.325 bits per heavy atom. The van der Waals surface area contributed by atoms with Crippen molar-refractivity contribution >= 4 is 43.5 Å². The van der Waals surface area contributed by atoms with Gasteiger partial charge in [-0.05, 0) is 6.92 Å². The molecule has 10 rings (SSSR count). The monoisotopic (exact) mass is 1160 g/mol. The van der Waals surface area contributed by atoms with Gasteiger partial charge >= 0.3 is 0 Å². The van der Waals surface area contributed by atoms with E-state index in [1.165, 1.54) is 0 Å². The van der Waals surface area contributed by atoms with Crippen LogP contribution in [0.1, 0.15) is 5.56 Å². The topological polar surface area (TPSA) is 640 Å². The van der Waals surface area contributed by atoms with Gasteiger partial charge in [-0.15, -0.1) is 0 Å². The molecule has 0 unspecified atom stereocenters. The van der Waals surface area contributed by atoms with Crippen molar-refractivity contribution in [3.05, 3.63) is 5.56 Å². The molecule has 0 fully saturated rings. The Labute approximate surface area is 451 Å².